The van der Waals surface area contributed by atoms with Gasteiger partial charge in [-0.05, 0) is 36.1 Å². The molecule has 0 spiro atoms. The molecule has 2 aliphatic rings. The topological polar surface area (TPSA) is 40.5 Å². The number of rotatable bonds is 3. The fraction of sp³-hybridized carbons (Fsp3) is 0.276. The van der Waals surface area contributed by atoms with Gasteiger partial charge in [0.2, 0.25) is 0 Å². The first-order valence-corrected chi connectivity index (χ1v) is 11.3. The predicted molar refractivity (Wildman–Crippen MR) is 126 cm³/mol. The standard InChI is InChI=1S/C29H27NO2/c1-2-29(32)24-19-12-20-25(29)27(22-15-8-4-9-16-22)30(26(24)21-13-6-3-7-14-21)28(31)23-17-10-5-11-18-23/h1,3-11,13-18,24-27,32H,12,19-20H2/t24-,25+,26+,27-,29?. The third kappa shape index (κ3) is 3.23. The molecule has 0 aromatic heterocycles. The number of piperidine rings is 1. The minimum Gasteiger partial charge on any atom is -0.377 e. The molecule has 1 N–H and O–H groups in total. The van der Waals surface area contributed by atoms with Crippen LogP contribution < -0.4 is 0 Å². The van der Waals surface area contributed by atoms with Crippen molar-refractivity contribution in [3.05, 3.63) is 108 Å². The Morgan fingerprint density at radius 1 is 0.812 bits per heavy atom. The summed E-state index contributed by atoms with van der Waals surface area (Å²) < 4.78 is 0. The maximum Gasteiger partial charge on any atom is 0.254 e. The molecular formula is C29H27NO2. The van der Waals surface area contributed by atoms with Crippen LogP contribution in [-0.2, 0) is 0 Å². The van der Waals surface area contributed by atoms with Crippen molar-refractivity contribution in [3.63, 3.8) is 0 Å². The van der Waals surface area contributed by atoms with Crippen molar-refractivity contribution >= 4 is 5.91 Å². The molecule has 160 valence electrons. The number of hydrogen-bond acceptors (Lipinski definition) is 2. The summed E-state index contributed by atoms with van der Waals surface area (Å²) in [5.41, 5.74) is 1.40. The summed E-state index contributed by atoms with van der Waals surface area (Å²) >= 11 is 0. The largest absolute Gasteiger partial charge is 0.377 e. The van der Waals surface area contributed by atoms with Gasteiger partial charge in [0.05, 0.1) is 12.1 Å². The van der Waals surface area contributed by atoms with E-state index in [9.17, 15) is 9.90 Å². The van der Waals surface area contributed by atoms with E-state index in [-0.39, 0.29) is 29.8 Å². The van der Waals surface area contributed by atoms with Crippen LogP contribution in [0.15, 0.2) is 91.0 Å². The normalized spacial score (nSPS) is 29.2. The second kappa shape index (κ2) is 8.30. The molecule has 3 nitrogen and oxygen atoms in total. The Kier molecular flexibility index (Phi) is 5.33. The Hall–Kier alpha value is -3.35. The molecule has 1 aliphatic heterocycles. The fourth-order valence-corrected chi connectivity index (χ4v) is 5.91. The first-order valence-electron chi connectivity index (χ1n) is 11.3. The van der Waals surface area contributed by atoms with Gasteiger partial charge in [0.15, 0.2) is 0 Å². The molecule has 1 aliphatic carbocycles. The Bertz CT molecular complexity index is 1060. The molecule has 1 amide bonds. The molecule has 2 bridgehead atoms. The Balaban J connectivity index is 1.75. The van der Waals surface area contributed by atoms with Gasteiger partial charge >= 0.3 is 0 Å². The van der Waals surface area contributed by atoms with Crippen molar-refractivity contribution in [2.24, 2.45) is 11.8 Å². The summed E-state index contributed by atoms with van der Waals surface area (Å²) in [6.07, 6.45) is 8.60. The van der Waals surface area contributed by atoms with Crippen LogP contribution >= 0.6 is 0 Å². The minimum absolute atomic E-state index is 0.0238. The van der Waals surface area contributed by atoms with E-state index in [0.717, 1.165) is 30.4 Å². The highest BCUT2D eigenvalue weighted by atomic mass is 16.3. The van der Waals surface area contributed by atoms with E-state index in [1.165, 1.54) is 0 Å². The molecule has 5 atom stereocenters. The zero-order chi connectivity index (χ0) is 22.1. The van der Waals surface area contributed by atoms with E-state index in [1.54, 1.807) is 0 Å². The van der Waals surface area contributed by atoms with Crippen LogP contribution in [0, 0.1) is 24.2 Å². The molecule has 2 fully saturated rings. The van der Waals surface area contributed by atoms with E-state index >= 15 is 0 Å². The number of terminal acetylenes is 1. The Labute approximate surface area is 189 Å². The molecule has 1 saturated heterocycles. The van der Waals surface area contributed by atoms with Crippen LogP contribution in [0.25, 0.3) is 0 Å². The van der Waals surface area contributed by atoms with E-state index in [4.69, 9.17) is 6.42 Å². The molecule has 3 aromatic carbocycles. The van der Waals surface area contributed by atoms with E-state index < -0.39 is 5.60 Å². The smallest absolute Gasteiger partial charge is 0.254 e. The van der Waals surface area contributed by atoms with Gasteiger partial charge in [-0.2, -0.15) is 0 Å². The number of aliphatic hydroxyl groups is 1. The highest BCUT2D eigenvalue weighted by molar-refractivity contribution is 5.95. The first kappa shape index (κ1) is 20.5. The number of likely N-dealkylation sites (tertiary alicyclic amines) is 1. The van der Waals surface area contributed by atoms with Gasteiger partial charge in [-0.3, -0.25) is 4.79 Å². The summed E-state index contributed by atoms with van der Waals surface area (Å²) in [4.78, 5) is 16.1. The lowest BCUT2D eigenvalue weighted by molar-refractivity contribution is -0.147. The second-order valence-corrected chi connectivity index (χ2v) is 8.90. The highest BCUT2D eigenvalue weighted by Crippen LogP contribution is 2.58. The quantitative estimate of drug-likeness (QED) is 0.575. The monoisotopic (exact) mass is 421 g/mol. The van der Waals surface area contributed by atoms with E-state index in [0.29, 0.717) is 5.56 Å². The van der Waals surface area contributed by atoms with Crippen LogP contribution in [0.1, 0.15) is 52.8 Å². The van der Waals surface area contributed by atoms with E-state index in [2.05, 4.69) is 5.92 Å². The maximum atomic E-state index is 14.1. The molecule has 5 rings (SSSR count). The summed E-state index contributed by atoms with van der Waals surface area (Å²) in [5, 5.41) is 11.9. The number of carbonyl (C=O) groups is 1. The van der Waals surface area contributed by atoms with Gasteiger partial charge < -0.3 is 10.0 Å². The van der Waals surface area contributed by atoms with Crippen molar-refractivity contribution in [3.8, 4) is 12.3 Å². The van der Waals surface area contributed by atoms with Crippen LogP contribution in [-0.4, -0.2) is 21.5 Å². The van der Waals surface area contributed by atoms with Crippen molar-refractivity contribution in [2.45, 2.75) is 36.9 Å². The van der Waals surface area contributed by atoms with Gasteiger partial charge in [-0.1, -0.05) is 91.2 Å². The average molecular weight is 422 g/mol. The lowest BCUT2D eigenvalue weighted by Gasteiger charge is -2.59. The van der Waals surface area contributed by atoms with Gasteiger partial charge in [0.1, 0.15) is 5.60 Å². The number of fused-ring (bicyclic) bond motifs is 2. The van der Waals surface area contributed by atoms with Crippen molar-refractivity contribution in [2.75, 3.05) is 0 Å². The molecule has 3 aromatic rings. The third-order valence-corrected chi connectivity index (χ3v) is 7.29. The molecule has 1 saturated carbocycles. The van der Waals surface area contributed by atoms with E-state index in [1.807, 2.05) is 95.9 Å². The highest BCUT2D eigenvalue weighted by Gasteiger charge is 2.60. The number of amides is 1. The summed E-state index contributed by atoms with van der Waals surface area (Å²) in [6.45, 7) is 0. The maximum absolute atomic E-state index is 14.1. The lowest BCUT2D eigenvalue weighted by Crippen LogP contribution is -2.62. The number of benzene rings is 3. The summed E-state index contributed by atoms with van der Waals surface area (Å²) in [6, 6.07) is 28.9. The number of nitrogens with zero attached hydrogens (tertiary/aromatic N) is 1. The van der Waals surface area contributed by atoms with Gasteiger partial charge in [-0.15, -0.1) is 6.42 Å². The zero-order valence-electron chi connectivity index (χ0n) is 18.0. The molecular weight excluding hydrogens is 394 g/mol. The minimum atomic E-state index is -1.27. The SMILES string of the molecule is C#CC1(O)[C@@H]2CCC[C@H]1[C@@H](c1ccccc1)N(C(=O)c1ccccc1)[C@H]2c1ccccc1. The molecule has 1 heterocycles. The molecule has 0 radical (unpaired) electrons. The number of hydrogen-bond donors (Lipinski definition) is 1. The third-order valence-electron chi connectivity index (χ3n) is 7.29. The Morgan fingerprint density at radius 3 is 1.69 bits per heavy atom. The van der Waals surface area contributed by atoms with Crippen LogP contribution in [0.3, 0.4) is 0 Å². The number of carbonyl (C=O) groups excluding carboxylic acids is 1. The summed E-state index contributed by atoms with van der Waals surface area (Å²) in [7, 11) is 0. The second-order valence-electron chi connectivity index (χ2n) is 8.90. The summed E-state index contributed by atoms with van der Waals surface area (Å²) in [5.74, 6) is 2.33. The van der Waals surface area contributed by atoms with Crippen LogP contribution in [0.5, 0.6) is 0 Å². The van der Waals surface area contributed by atoms with Crippen LogP contribution in [0.4, 0.5) is 0 Å². The zero-order valence-corrected chi connectivity index (χ0v) is 18.0. The molecule has 3 heteroatoms. The Morgan fingerprint density at radius 2 is 1.25 bits per heavy atom. The molecule has 32 heavy (non-hydrogen) atoms. The van der Waals surface area contributed by atoms with Crippen molar-refractivity contribution in [1.82, 2.24) is 4.90 Å². The van der Waals surface area contributed by atoms with Gasteiger partial charge in [0, 0.05) is 17.4 Å². The van der Waals surface area contributed by atoms with Crippen molar-refractivity contribution < 1.29 is 9.90 Å². The van der Waals surface area contributed by atoms with Crippen LogP contribution in [0.2, 0.25) is 0 Å². The fourth-order valence-electron chi connectivity index (χ4n) is 5.91. The average Bonchev–Trinajstić information content (AvgIpc) is 2.85. The van der Waals surface area contributed by atoms with Gasteiger partial charge in [-0.25, -0.2) is 0 Å². The van der Waals surface area contributed by atoms with Gasteiger partial charge in [0.25, 0.3) is 5.91 Å². The lowest BCUT2D eigenvalue weighted by atomic mass is 9.58. The van der Waals surface area contributed by atoms with Crippen molar-refractivity contribution in [1.29, 1.82) is 0 Å². The first-order chi connectivity index (χ1) is 15.6. The predicted octanol–water partition coefficient (Wildman–Crippen LogP) is 5.41. The molecule has 1 unspecified atom stereocenters.